The third-order valence-corrected chi connectivity index (χ3v) is 5.96. The van der Waals surface area contributed by atoms with Gasteiger partial charge in [-0.1, -0.05) is 0 Å². The summed E-state index contributed by atoms with van der Waals surface area (Å²) in [6.45, 7) is 3.09. The molecule has 0 N–H and O–H groups in total. The van der Waals surface area contributed by atoms with Crippen molar-refractivity contribution in [3.8, 4) is 0 Å². The molecule has 1 aromatic heterocycles. The maximum atomic E-state index is 12.9. The lowest BCUT2D eigenvalue weighted by Crippen LogP contribution is -2.31. The molecule has 0 spiro atoms. The standard InChI is InChI=1S/C19H23N3OS/c23-19(22-13-4-5-17(22)18-20-10-14-24-18)15-6-8-16(9-7-15)21-11-2-1-3-12-21/h6-10,14,17H,1-5,11-13H2/t17-/m0/s1. The number of hydrogen-bond acceptors (Lipinski definition) is 4. The number of likely N-dealkylation sites (tertiary alicyclic amines) is 1. The highest BCUT2D eigenvalue weighted by Gasteiger charge is 2.32. The zero-order chi connectivity index (χ0) is 16.4. The number of piperidine rings is 1. The average molecular weight is 341 g/mol. The summed E-state index contributed by atoms with van der Waals surface area (Å²) in [4.78, 5) is 21.8. The van der Waals surface area contributed by atoms with Crippen LogP contribution in [0.1, 0.15) is 53.5 Å². The Morgan fingerprint density at radius 3 is 2.54 bits per heavy atom. The number of carbonyl (C=O) groups excluding carboxylic acids is 1. The summed E-state index contributed by atoms with van der Waals surface area (Å²) in [6.07, 6.45) is 7.77. The van der Waals surface area contributed by atoms with E-state index in [1.165, 1.54) is 24.9 Å². The van der Waals surface area contributed by atoms with Crippen molar-refractivity contribution in [1.29, 1.82) is 0 Å². The van der Waals surface area contributed by atoms with Crippen molar-refractivity contribution in [2.24, 2.45) is 0 Å². The molecule has 0 bridgehead atoms. The average Bonchev–Trinajstić information content (AvgIpc) is 3.33. The van der Waals surface area contributed by atoms with Crippen LogP contribution in [-0.2, 0) is 0 Å². The molecule has 2 fully saturated rings. The van der Waals surface area contributed by atoms with Crippen molar-refractivity contribution in [2.45, 2.75) is 38.1 Å². The fourth-order valence-corrected chi connectivity index (χ4v) is 4.58. The van der Waals surface area contributed by atoms with E-state index in [9.17, 15) is 4.79 Å². The number of anilines is 1. The second kappa shape index (κ2) is 6.93. The Morgan fingerprint density at radius 1 is 1.04 bits per heavy atom. The SMILES string of the molecule is O=C(c1ccc(N2CCCCC2)cc1)N1CCC[C@H]1c1nccs1. The molecule has 4 rings (SSSR count). The zero-order valence-corrected chi connectivity index (χ0v) is 14.7. The highest BCUT2D eigenvalue weighted by molar-refractivity contribution is 7.09. The third-order valence-electron chi connectivity index (χ3n) is 5.09. The largest absolute Gasteiger partial charge is 0.372 e. The van der Waals surface area contributed by atoms with Crippen LogP contribution in [0.2, 0.25) is 0 Å². The second-order valence-electron chi connectivity index (χ2n) is 6.62. The van der Waals surface area contributed by atoms with E-state index in [4.69, 9.17) is 0 Å². The summed E-state index contributed by atoms with van der Waals surface area (Å²) in [7, 11) is 0. The van der Waals surface area contributed by atoms with Gasteiger partial charge in [-0.2, -0.15) is 0 Å². The third kappa shape index (κ3) is 3.05. The van der Waals surface area contributed by atoms with E-state index >= 15 is 0 Å². The maximum absolute atomic E-state index is 12.9. The number of amides is 1. The molecule has 24 heavy (non-hydrogen) atoms. The Kier molecular flexibility index (Phi) is 4.52. The fraction of sp³-hybridized carbons (Fsp3) is 0.474. The van der Waals surface area contributed by atoms with Crippen molar-refractivity contribution in [3.63, 3.8) is 0 Å². The summed E-state index contributed by atoms with van der Waals surface area (Å²) < 4.78 is 0. The molecular weight excluding hydrogens is 318 g/mol. The molecule has 2 saturated heterocycles. The highest BCUT2D eigenvalue weighted by atomic mass is 32.1. The number of thiazole rings is 1. The van der Waals surface area contributed by atoms with Crippen LogP contribution < -0.4 is 4.90 Å². The van der Waals surface area contributed by atoms with Crippen molar-refractivity contribution in [1.82, 2.24) is 9.88 Å². The lowest BCUT2D eigenvalue weighted by atomic mass is 10.1. The number of carbonyl (C=O) groups is 1. The van der Waals surface area contributed by atoms with Gasteiger partial charge in [0.25, 0.3) is 5.91 Å². The van der Waals surface area contributed by atoms with Crippen LogP contribution in [0, 0.1) is 0 Å². The van der Waals surface area contributed by atoms with Crippen LogP contribution in [0.15, 0.2) is 35.8 Å². The number of hydrogen-bond donors (Lipinski definition) is 0. The maximum Gasteiger partial charge on any atom is 0.254 e. The quantitative estimate of drug-likeness (QED) is 0.843. The Balaban J connectivity index is 1.49. The molecule has 3 heterocycles. The summed E-state index contributed by atoms with van der Waals surface area (Å²) in [5, 5.41) is 3.05. The first-order chi connectivity index (χ1) is 11.8. The molecule has 0 aliphatic carbocycles. The van der Waals surface area contributed by atoms with Crippen LogP contribution in [0.5, 0.6) is 0 Å². The summed E-state index contributed by atoms with van der Waals surface area (Å²) in [5.74, 6) is 0.137. The molecule has 4 nitrogen and oxygen atoms in total. The number of benzene rings is 1. The molecule has 0 radical (unpaired) electrons. The molecule has 5 heteroatoms. The fourth-order valence-electron chi connectivity index (χ4n) is 3.80. The number of rotatable bonds is 3. The van der Waals surface area contributed by atoms with E-state index in [1.54, 1.807) is 11.3 Å². The Labute approximate surface area is 147 Å². The first-order valence-corrected chi connectivity index (χ1v) is 9.76. The van der Waals surface area contributed by atoms with Gasteiger partial charge in [-0.15, -0.1) is 11.3 Å². The van der Waals surface area contributed by atoms with E-state index in [0.29, 0.717) is 0 Å². The molecule has 0 saturated carbocycles. The first kappa shape index (κ1) is 15.6. The van der Waals surface area contributed by atoms with Gasteiger partial charge >= 0.3 is 0 Å². The van der Waals surface area contributed by atoms with Crippen molar-refractivity contribution in [3.05, 3.63) is 46.4 Å². The topological polar surface area (TPSA) is 36.4 Å². The minimum Gasteiger partial charge on any atom is -0.372 e. The van der Waals surface area contributed by atoms with Gasteiger partial charge in [0, 0.05) is 42.5 Å². The monoisotopic (exact) mass is 341 g/mol. The molecular formula is C19H23N3OS. The van der Waals surface area contributed by atoms with Gasteiger partial charge in [-0.25, -0.2) is 4.98 Å². The second-order valence-corrected chi connectivity index (χ2v) is 7.55. The van der Waals surface area contributed by atoms with Gasteiger partial charge in [-0.3, -0.25) is 4.79 Å². The Hall–Kier alpha value is -1.88. The molecule has 1 atom stereocenters. The van der Waals surface area contributed by atoms with Crippen molar-refractivity contribution in [2.75, 3.05) is 24.5 Å². The normalized spacial score (nSPS) is 21.2. The molecule has 1 aromatic carbocycles. The van der Waals surface area contributed by atoms with Crippen LogP contribution in [0.25, 0.3) is 0 Å². The summed E-state index contributed by atoms with van der Waals surface area (Å²) in [6, 6.07) is 8.34. The number of nitrogens with zero attached hydrogens (tertiary/aromatic N) is 3. The van der Waals surface area contributed by atoms with E-state index in [-0.39, 0.29) is 11.9 Å². The molecule has 2 aromatic rings. The van der Waals surface area contributed by atoms with E-state index in [2.05, 4.69) is 22.0 Å². The smallest absolute Gasteiger partial charge is 0.254 e. The molecule has 0 unspecified atom stereocenters. The van der Waals surface area contributed by atoms with Gasteiger partial charge in [0.1, 0.15) is 5.01 Å². The van der Waals surface area contributed by atoms with Crippen LogP contribution in [0.3, 0.4) is 0 Å². The van der Waals surface area contributed by atoms with Crippen LogP contribution in [0.4, 0.5) is 5.69 Å². The summed E-state index contributed by atoms with van der Waals surface area (Å²) >= 11 is 1.65. The molecule has 126 valence electrons. The van der Waals surface area contributed by atoms with E-state index in [0.717, 1.165) is 43.0 Å². The Morgan fingerprint density at radius 2 is 1.83 bits per heavy atom. The van der Waals surface area contributed by atoms with Gasteiger partial charge in [0.15, 0.2) is 0 Å². The van der Waals surface area contributed by atoms with Gasteiger partial charge in [-0.05, 0) is 56.4 Å². The lowest BCUT2D eigenvalue weighted by molar-refractivity contribution is 0.0735. The lowest BCUT2D eigenvalue weighted by Gasteiger charge is -2.29. The van der Waals surface area contributed by atoms with Crippen LogP contribution in [-0.4, -0.2) is 35.4 Å². The minimum atomic E-state index is 0.137. The predicted molar refractivity (Wildman–Crippen MR) is 97.6 cm³/mol. The van der Waals surface area contributed by atoms with Gasteiger partial charge < -0.3 is 9.80 Å². The molecule has 2 aliphatic rings. The first-order valence-electron chi connectivity index (χ1n) is 8.88. The van der Waals surface area contributed by atoms with Gasteiger partial charge in [0.05, 0.1) is 6.04 Å². The zero-order valence-electron chi connectivity index (χ0n) is 13.9. The molecule has 1 amide bonds. The predicted octanol–water partition coefficient (Wildman–Crippen LogP) is 4.11. The number of aromatic nitrogens is 1. The van der Waals surface area contributed by atoms with E-state index < -0.39 is 0 Å². The Bertz CT molecular complexity index is 677. The summed E-state index contributed by atoms with van der Waals surface area (Å²) in [5.41, 5.74) is 2.03. The molecule has 2 aliphatic heterocycles. The van der Waals surface area contributed by atoms with Crippen molar-refractivity contribution >= 4 is 22.9 Å². The highest BCUT2D eigenvalue weighted by Crippen LogP contribution is 2.34. The van der Waals surface area contributed by atoms with Gasteiger partial charge in [0.2, 0.25) is 0 Å². The van der Waals surface area contributed by atoms with Crippen LogP contribution >= 0.6 is 11.3 Å². The van der Waals surface area contributed by atoms with E-state index in [1.807, 2.05) is 28.6 Å². The minimum absolute atomic E-state index is 0.137. The van der Waals surface area contributed by atoms with Crippen molar-refractivity contribution < 1.29 is 4.79 Å².